The van der Waals surface area contributed by atoms with Gasteiger partial charge >= 0.3 is 5.97 Å². The number of anilines is 1. The minimum atomic E-state index is -0.652. The maximum Gasteiger partial charge on any atom is 0.331 e. The second-order valence-corrected chi connectivity index (χ2v) is 7.94. The first-order valence-corrected chi connectivity index (χ1v) is 11.4. The van der Waals surface area contributed by atoms with Gasteiger partial charge in [0.25, 0.3) is 5.91 Å². The maximum atomic E-state index is 12.4. The highest BCUT2D eigenvalue weighted by Gasteiger charge is 2.13. The van der Waals surface area contributed by atoms with Crippen molar-refractivity contribution in [3.05, 3.63) is 66.2 Å². The van der Waals surface area contributed by atoms with Crippen molar-refractivity contribution >= 4 is 45.4 Å². The largest absolute Gasteiger partial charge is 0.493 e. The smallest absolute Gasteiger partial charge is 0.331 e. The number of benzene rings is 3. The van der Waals surface area contributed by atoms with E-state index in [-0.39, 0.29) is 0 Å². The van der Waals surface area contributed by atoms with Gasteiger partial charge < -0.3 is 28.8 Å². The molecule has 0 saturated heterocycles. The van der Waals surface area contributed by atoms with Crippen LogP contribution in [0.3, 0.4) is 0 Å². The van der Waals surface area contributed by atoms with Gasteiger partial charge in [0.05, 0.1) is 21.3 Å². The highest BCUT2D eigenvalue weighted by Crippen LogP contribution is 2.38. The molecular weight excluding hydrogens is 460 g/mol. The first kappa shape index (κ1) is 24.7. The number of para-hydroxylation sites is 1. The lowest BCUT2D eigenvalue weighted by atomic mass is 10.1. The number of nitrogens with zero attached hydrogens (tertiary/aromatic N) is 1. The summed E-state index contributed by atoms with van der Waals surface area (Å²) in [6, 6.07) is 17.3. The van der Waals surface area contributed by atoms with E-state index in [1.165, 1.54) is 27.4 Å². The van der Waals surface area contributed by atoms with Crippen LogP contribution >= 0.6 is 0 Å². The van der Waals surface area contributed by atoms with Gasteiger partial charge in [-0.2, -0.15) is 0 Å². The van der Waals surface area contributed by atoms with Crippen molar-refractivity contribution < 1.29 is 28.5 Å². The standard InChI is InChI=1S/C28H28N2O6/c1-5-30-22-9-7-6-8-20(22)21-16-19(11-12-23(21)30)29-26(31)17-36-27(32)13-10-18-14-24(33-2)28(35-4)25(15-18)34-3/h6-16H,5,17H2,1-4H3,(H,29,31). The van der Waals surface area contributed by atoms with Crippen molar-refractivity contribution in [2.45, 2.75) is 13.5 Å². The molecule has 36 heavy (non-hydrogen) atoms. The molecule has 0 spiro atoms. The van der Waals surface area contributed by atoms with Crippen LogP contribution in [0.25, 0.3) is 27.9 Å². The Hall–Kier alpha value is -4.46. The van der Waals surface area contributed by atoms with Crippen molar-refractivity contribution in [1.29, 1.82) is 0 Å². The molecule has 1 amide bonds. The number of amides is 1. The minimum Gasteiger partial charge on any atom is -0.493 e. The predicted molar refractivity (Wildman–Crippen MR) is 140 cm³/mol. The van der Waals surface area contributed by atoms with E-state index in [1.807, 2.05) is 30.3 Å². The quantitative estimate of drug-likeness (QED) is 0.263. The number of aromatic nitrogens is 1. The summed E-state index contributed by atoms with van der Waals surface area (Å²) in [7, 11) is 4.54. The first-order chi connectivity index (χ1) is 17.5. The maximum absolute atomic E-state index is 12.4. The van der Waals surface area contributed by atoms with E-state index in [1.54, 1.807) is 18.2 Å². The van der Waals surface area contributed by atoms with Crippen LogP contribution < -0.4 is 19.5 Å². The monoisotopic (exact) mass is 488 g/mol. The third-order valence-electron chi connectivity index (χ3n) is 5.82. The highest BCUT2D eigenvalue weighted by atomic mass is 16.5. The minimum absolute atomic E-state index is 0.410. The fourth-order valence-corrected chi connectivity index (χ4v) is 4.22. The molecule has 0 fully saturated rings. The van der Waals surface area contributed by atoms with E-state index >= 15 is 0 Å². The van der Waals surface area contributed by atoms with Gasteiger partial charge in [0.15, 0.2) is 18.1 Å². The second kappa shape index (κ2) is 10.9. The zero-order valence-corrected chi connectivity index (χ0v) is 20.7. The fourth-order valence-electron chi connectivity index (χ4n) is 4.22. The summed E-state index contributed by atoms with van der Waals surface area (Å²) in [4.78, 5) is 24.6. The van der Waals surface area contributed by atoms with E-state index in [0.717, 1.165) is 28.4 Å². The first-order valence-electron chi connectivity index (χ1n) is 11.4. The van der Waals surface area contributed by atoms with Crippen LogP contribution in [0.4, 0.5) is 5.69 Å². The highest BCUT2D eigenvalue weighted by molar-refractivity contribution is 6.10. The molecule has 1 heterocycles. The number of esters is 1. The normalized spacial score (nSPS) is 11.1. The summed E-state index contributed by atoms with van der Waals surface area (Å²) in [6.07, 6.45) is 2.78. The Balaban J connectivity index is 1.40. The Bertz CT molecular complexity index is 1430. The topological polar surface area (TPSA) is 88.0 Å². The molecule has 0 aliphatic heterocycles. The number of methoxy groups -OCH3 is 3. The third-order valence-corrected chi connectivity index (χ3v) is 5.82. The Morgan fingerprint density at radius 2 is 1.58 bits per heavy atom. The lowest BCUT2D eigenvalue weighted by Gasteiger charge is -2.12. The molecule has 4 rings (SSSR count). The third kappa shape index (κ3) is 4.98. The van der Waals surface area contributed by atoms with Crippen molar-refractivity contribution in [2.75, 3.05) is 33.3 Å². The number of aryl methyl sites for hydroxylation is 1. The summed E-state index contributed by atoms with van der Waals surface area (Å²) < 4.78 is 23.3. The Kier molecular flexibility index (Phi) is 7.44. The molecule has 0 aliphatic carbocycles. The van der Waals surface area contributed by atoms with Gasteiger partial charge in [-0.05, 0) is 55.0 Å². The van der Waals surface area contributed by atoms with Crippen LogP contribution in [0, 0.1) is 0 Å². The van der Waals surface area contributed by atoms with Crippen LogP contribution in [0.2, 0.25) is 0 Å². The molecule has 0 atom stereocenters. The molecule has 1 aromatic heterocycles. The molecule has 0 saturated carbocycles. The Morgan fingerprint density at radius 1 is 0.889 bits per heavy atom. The van der Waals surface area contributed by atoms with Crippen molar-refractivity contribution in [2.24, 2.45) is 0 Å². The predicted octanol–water partition coefficient (Wildman–Crippen LogP) is 5.04. The molecule has 1 N–H and O–H groups in total. The van der Waals surface area contributed by atoms with Gasteiger partial charge in [-0.3, -0.25) is 4.79 Å². The molecule has 3 aromatic carbocycles. The summed E-state index contributed by atoms with van der Waals surface area (Å²) in [6.45, 7) is 2.54. The van der Waals surface area contributed by atoms with E-state index in [0.29, 0.717) is 28.5 Å². The Labute approximate surface area is 209 Å². The summed E-state index contributed by atoms with van der Waals surface area (Å²) in [5.41, 5.74) is 3.52. The molecule has 8 heteroatoms. The van der Waals surface area contributed by atoms with Crippen LogP contribution in [0.1, 0.15) is 12.5 Å². The number of nitrogens with one attached hydrogen (secondary N) is 1. The number of hydrogen-bond acceptors (Lipinski definition) is 6. The number of fused-ring (bicyclic) bond motifs is 3. The summed E-state index contributed by atoms with van der Waals surface area (Å²) >= 11 is 0. The zero-order chi connectivity index (χ0) is 25.7. The molecular formula is C28H28N2O6. The molecule has 0 radical (unpaired) electrons. The lowest BCUT2D eigenvalue weighted by molar-refractivity contribution is -0.142. The zero-order valence-electron chi connectivity index (χ0n) is 20.7. The van der Waals surface area contributed by atoms with Crippen LogP contribution in [-0.2, 0) is 20.9 Å². The number of carbonyl (C=O) groups excluding carboxylic acids is 2. The van der Waals surface area contributed by atoms with Crippen molar-refractivity contribution in [3.63, 3.8) is 0 Å². The molecule has 4 aromatic rings. The van der Waals surface area contributed by atoms with Crippen molar-refractivity contribution in [3.8, 4) is 17.2 Å². The second-order valence-electron chi connectivity index (χ2n) is 7.94. The van der Waals surface area contributed by atoms with E-state index in [2.05, 4.69) is 28.9 Å². The van der Waals surface area contributed by atoms with Gasteiger partial charge in [0, 0.05) is 40.1 Å². The Morgan fingerprint density at radius 3 is 2.25 bits per heavy atom. The number of rotatable bonds is 9. The van der Waals surface area contributed by atoms with Gasteiger partial charge in [-0.15, -0.1) is 0 Å². The van der Waals surface area contributed by atoms with Gasteiger partial charge in [0.2, 0.25) is 5.75 Å². The average molecular weight is 489 g/mol. The molecule has 186 valence electrons. The molecule has 0 unspecified atom stereocenters. The average Bonchev–Trinajstić information content (AvgIpc) is 3.22. The summed E-state index contributed by atoms with van der Waals surface area (Å²) in [5.74, 6) is 0.295. The summed E-state index contributed by atoms with van der Waals surface area (Å²) in [5, 5.41) is 4.97. The van der Waals surface area contributed by atoms with E-state index in [9.17, 15) is 9.59 Å². The molecule has 8 nitrogen and oxygen atoms in total. The van der Waals surface area contributed by atoms with E-state index in [4.69, 9.17) is 18.9 Å². The fraction of sp³-hybridized carbons (Fsp3) is 0.214. The number of carbonyl (C=O) groups is 2. The lowest BCUT2D eigenvalue weighted by Crippen LogP contribution is -2.20. The van der Waals surface area contributed by atoms with Gasteiger partial charge in [0.1, 0.15) is 0 Å². The van der Waals surface area contributed by atoms with Crippen molar-refractivity contribution in [1.82, 2.24) is 4.57 Å². The molecule has 0 aliphatic rings. The van der Waals surface area contributed by atoms with Gasteiger partial charge in [-0.25, -0.2) is 4.79 Å². The van der Waals surface area contributed by atoms with Crippen LogP contribution in [0.15, 0.2) is 60.7 Å². The van der Waals surface area contributed by atoms with Crippen LogP contribution in [-0.4, -0.2) is 44.4 Å². The SMILES string of the molecule is CCn1c2ccccc2c2cc(NC(=O)COC(=O)C=Cc3cc(OC)c(OC)c(OC)c3)ccc21. The number of ether oxygens (including phenoxy) is 4. The molecule has 0 bridgehead atoms. The van der Waals surface area contributed by atoms with Gasteiger partial charge in [-0.1, -0.05) is 18.2 Å². The van der Waals surface area contributed by atoms with E-state index < -0.39 is 18.5 Å². The van der Waals surface area contributed by atoms with Crippen LogP contribution in [0.5, 0.6) is 17.2 Å². The number of hydrogen-bond donors (Lipinski definition) is 1.